The SMILES string of the molecule is CCN(CC(=O)Nc1cccc([N+](=O)[O-])c1C)Cc1nc2cc(OC)c(OC)cc2c(=O)[nH]1. The Kier molecular flexibility index (Phi) is 7.23. The van der Waals surface area contributed by atoms with Crippen LogP contribution in [0.4, 0.5) is 11.4 Å². The molecule has 11 heteroatoms. The topological polar surface area (TPSA) is 140 Å². The van der Waals surface area contributed by atoms with E-state index in [2.05, 4.69) is 15.3 Å². The number of hydrogen-bond donors (Lipinski definition) is 2. The minimum atomic E-state index is -0.490. The first-order chi connectivity index (χ1) is 15.8. The molecule has 0 radical (unpaired) electrons. The zero-order valence-corrected chi connectivity index (χ0v) is 18.8. The molecule has 0 fully saturated rings. The van der Waals surface area contributed by atoms with Gasteiger partial charge < -0.3 is 19.8 Å². The van der Waals surface area contributed by atoms with E-state index in [1.54, 1.807) is 30.0 Å². The highest BCUT2D eigenvalue weighted by atomic mass is 16.6. The average Bonchev–Trinajstić information content (AvgIpc) is 2.78. The maximum atomic E-state index is 12.6. The van der Waals surface area contributed by atoms with Crippen molar-refractivity contribution in [2.24, 2.45) is 0 Å². The summed E-state index contributed by atoms with van der Waals surface area (Å²) < 4.78 is 10.5. The van der Waals surface area contributed by atoms with Gasteiger partial charge in [-0.15, -0.1) is 0 Å². The lowest BCUT2D eigenvalue weighted by Gasteiger charge is -2.20. The van der Waals surface area contributed by atoms with Crippen molar-refractivity contribution >= 4 is 28.2 Å². The van der Waals surface area contributed by atoms with Gasteiger partial charge in [0.2, 0.25) is 5.91 Å². The van der Waals surface area contributed by atoms with Crippen LogP contribution < -0.4 is 20.3 Å². The van der Waals surface area contributed by atoms with Crippen LogP contribution in [-0.4, -0.2) is 53.0 Å². The second kappa shape index (κ2) is 10.1. The van der Waals surface area contributed by atoms with Gasteiger partial charge in [-0.25, -0.2) is 4.98 Å². The zero-order valence-electron chi connectivity index (χ0n) is 18.8. The van der Waals surface area contributed by atoms with Crippen LogP contribution in [0.15, 0.2) is 35.1 Å². The number of methoxy groups -OCH3 is 2. The number of rotatable bonds is 9. The molecule has 0 saturated heterocycles. The standard InChI is InChI=1S/C22H25N5O6/c1-5-26(12-21(28)24-15-7-6-8-17(13(15)2)27(30)31)11-20-23-16-10-19(33-4)18(32-3)9-14(16)22(29)25-20/h6-10H,5,11-12H2,1-4H3,(H,24,28)(H,23,25,29). The summed E-state index contributed by atoms with van der Waals surface area (Å²) >= 11 is 0. The Morgan fingerprint density at radius 1 is 1.24 bits per heavy atom. The molecule has 1 aromatic heterocycles. The van der Waals surface area contributed by atoms with Gasteiger partial charge in [-0.3, -0.25) is 24.6 Å². The number of carbonyl (C=O) groups excluding carboxylic acids is 1. The molecule has 33 heavy (non-hydrogen) atoms. The summed E-state index contributed by atoms with van der Waals surface area (Å²) in [5.74, 6) is 0.928. The maximum absolute atomic E-state index is 12.6. The van der Waals surface area contributed by atoms with Crippen LogP contribution in [0.3, 0.4) is 0 Å². The summed E-state index contributed by atoms with van der Waals surface area (Å²) in [6.07, 6.45) is 0. The van der Waals surface area contributed by atoms with Gasteiger partial charge >= 0.3 is 0 Å². The first-order valence-electron chi connectivity index (χ1n) is 10.2. The molecule has 174 valence electrons. The van der Waals surface area contributed by atoms with Gasteiger partial charge in [0.1, 0.15) is 5.82 Å². The summed E-state index contributed by atoms with van der Waals surface area (Å²) in [7, 11) is 2.98. The van der Waals surface area contributed by atoms with Gasteiger partial charge in [0, 0.05) is 12.1 Å². The van der Waals surface area contributed by atoms with Crippen molar-refractivity contribution in [2.75, 3.05) is 32.6 Å². The minimum Gasteiger partial charge on any atom is -0.493 e. The van der Waals surface area contributed by atoms with Crippen molar-refractivity contribution in [1.29, 1.82) is 0 Å². The summed E-state index contributed by atoms with van der Waals surface area (Å²) in [6, 6.07) is 7.71. The third-order valence-electron chi connectivity index (χ3n) is 5.22. The van der Waals surface area contributed by atoms with Gasteiger partial charge in [0.15, 0.2) is 11.5 Å². The predicted octanol–water partition coefficient (Wildman–Crippen LogP) is 2.62. The van der Waals surface area contributed by atoms with E-state index in [1.165, 1.54) is 26.4 Å². The molecule has 2 aromatic carbocycles. The van der Waals surface area contributed by atoms with E-state index in [0.717, 1.165) is 0 Å². The van der Waals surface area contributed by atoms with E-state index in [1.807, 2.05) is 6.92 Å². The molecule has 11 nitrogen and oxygen atoms in total. The van der Waals surface area contributed by atoms with Crippen LogP contribution in [-0.2, 0) is 11.3 Å². The number of nitro benzene ring substituents is 1. The molecular formula is C22H25N5O6. The van der Waals surface area contributed by atoms with E-state index < -0.39 is 4.92 Å². The molecule has 0 spiro atoms. The molecule has 0 aliphatic heterocycles. The van der Waals surface area contributed by atoms with Crippen molar-refractivity contribution in [3.8, 4) is 11.5 Å². The van der Waals surface area contributed by atoms with Crippen LogP contribution in [0.2, 0.25) is 0 Å². The summed E-state index contributed by atoms with van der Waals surface area (Å²) in [5.41, 5.74) is 0.806. The van der Waals surface area contributed by atoms with E-state index in [0.29, 0.717) is 46.0 Å². The van der Waals surface area contributed by atoms with Gasteiger partial charge in [0.25, 0.3) is 11.2 Å². The highest BCUT2D eigenvalue weighted by molar-refractivity contribution is 5.93. The van der Waals surface area contributed by atoms with Crippen molar-refractivity contribution in [2.45, 2.75) is 20.4 Å². The summed E-state index contributed by atoms with van der Waals surface area (Å²) in [6.45, 7) is 4.19. The normalized spacial score (nSPS) is 10.9. The van der Waals surface area contributed by atoms with Crippen LogP contribution in [0.1, 0.15) is 18.3 Å². The number of nitrogens with zero attached hydrogens (tertiary/aromatic N) is 3. The molecule has 3 aromatic rings. The highest BCUT2D eigenvalue weighted by Crippen LogP contribution is 2.30. The molecular weight excluding hydrogens is 430 g/mol. The molecule has 2 N–H and O–H groups in total. The Morgan fingerprint density at radius 2 is 1.94 bits per heavy atom. The highest BCUT2D eigenvalue weighted by Gasteiger charge is 2.17. The fourth-order valence-electron chi connectivity index (χ4n) is 3.43. The Labute approximate surface area is 189 Å². The summed E-state index contributed by atoms with van der Waals surface area (Å²) in [5, 5.41) is 14.2. The Hall–Kier alpha value is -3.99. The second-order valence-corrected chi connectivity index (χ2v) is 7.30. The van der Waals surface area contributed by atoms with Crippen molar-refractivity contribution < 1.29 is 19.2 Å². The number of fused-ring (bicyclic) bond motifs is 1. The number of benzene rings is 2. The molecule has 3 rings (SSSR count). The first kappa shape index (κ1) is 23.7. The van der Waals surface area contributed by atoms with Gasteiger partial charge in [-0.1, -0.05) is 13.0 Å². The number of likely N-dealkylation sites (N-methyl/N-ethyl adjacent to an activating group) is 1. The number of aromatic amines is 1. The molecule has 0 aliphatic carbocycles. The van der Waals surface area contributed by atoms with Crippen molar-refractivity contribution in [1.82, 2.24) is 14.9 Å². The zero-order chi connectivity index (χ0) is 24.1. The maximum Gasteiger partial charge on any atom is 0.274 e. The fraction of sp³-hybridized carbons (Fsp3) is 0.318. The lowest BCUT2D eigenvalue weighted by Crippen LogP contribution is -2.34. The van der Waals surface area contributed by atoms with Crippen LogP contribution in [0.25, 0.3) is 10.9 Å². The molecule has 0 unspecified atom stereocenters. The van der Waals surface area contributed by atoms with E-state index >= 15 is 0 Å². The number of amides is 1. The van der Waals surface area contributed by atoms with Crippen molar-refractivity contribution in [3.05, 3.63) is 62.2 Å². The number of anilines is 1. The molecule has 0 bridgehead atoms. The lowest BCUT2D eigenvalue weighted by molar-refractivity contribution is -0.385. The van der Waals surface area contributed by atoms with Crippen LogP contribution >= 0.6 is 0 Å². The number of H-pyrrole nitrogens is 1. The molecule has 0 aliphatic rings. The number of nitro groups is 1. The van der Waals surface area contributed by atoms with Gasteiger partial charge in [-0.2, -0.15) is 0 Å². The number of nitrogens with one attached hydrogen (secondary N) is 2. The second-order valence-electron chi connectivity index (χ2n) is 7.30. The number of carbonyl (C=O) groups is 1. The molecule has 0 atom stereocenters. The van der Waals surface area contributed by atoms with Gasteiger partial charge in [-0.05, 0) is 25.6 Å². The third-order valence-corrected chi connectivity index (χ3v) is 5.22. The first-order valence-corrected chi connectivity index (χ1v) is 10.2. The molecule has 1 heterocycles. The van der Waals surface area contributed by atoms with Crippen LogP contribution in [0, 0.1) is 17.0 Å². The van der Waals surface area contributed by atoms with E-state index in [-0.39, 0.29) is 30.2 Å². The molecule has 1 amide bonds. The number of aromatic nitrogens is 2. The van der Waals surface area contributed by atoms with Crippen molar-refractivity contribution in [3.63, 3.8) is 0 Å². The van der Waals surface area contributed by atoms with Crippen LogP contribution in [0.5, 0.6) is 11.5 Å². The summed E-state index contributed by atoms with van der Waals surface area (Å²) in [4.78, 5) is 44.8. The van der Waals surface area contributed by atoms with E-state index in [4.69, 9.17) is 9.47 Å². The molecule has 0 saturated carbocycles. The lowest BCUT2D eigenvalue weighted by atomic mass is 10.1. The number of ether oxygens (including phenoxy) is 2. The van der Waals surface area contributed by atoms with E-state index in [9.17, 15) is 19.7 Å². The smallest absolute Gasteiger partial charge is 0.274 e. The Bertz CT molecular complexity index is 1260. The fourth-order valence-corrected chi connectivity index (χ4v) is 3.43. The largest absolute Gasteiger partial charge is 0.493 e. The number of hydrogen-bond acceptors (Lipinski definition) is 8. The predicted molar refractivity (Wildman–Crippen MR) is 123 cm³/mol. The Balaban J connectivity index is 1.78. The van der Waals surface area contributed by atoms with Gasteiger partial charge in [0.05, 0.1) is 54.4 Å². The third kappa shape index (κ3) is 5.26. The average molecular weight is 455 g/mol. The quantitative estimate of drug-likeness (QED) is 0.371. The Morgan fingerprint density at radius 3 is 2.58 bits per heavy atom. The monoisotopic (exact) mass is 455 g/mol. The minimum absolute atomic E-state index is 0.00626.